The summed E-state index contributed by atoms with van der Waals surface area (Å²) in [5.41, 5.74) is 8.85. The van der Waals surface area contributed by atoms with Crippen LogP contribution in [0.15, 0.2) is 80.7 Å². The number of thiazole rings is 2. The molecule has 6 fully saturated rings. The standard InChI is InChI=1S/2C37H50N6O6S/c2*1-22(2)31(29-17-30(40-49-29)42-19-37(20-42)12-14-41(15-13-37)35(47)48-36(5,6)7)34(46)43-18-27(44)16-28(43)33(45)39-23(3)25-8-10-26(11-9-25)32-24(4)38-21-50-32/h2*8-11,17,21-23,27-28,31,44H,12-16,18-20H2,1-7H3,(H,39,45)/t2*23-,27+,28-,31?/m00/s1. The van der Waals surface area contributed by atoms with Gasteiger partial charge in [-0.05, 0) is 129 Å². The second-order valence-corrected chi connectivity index (χ2v) is 33.0. The van der Waals surface area contributed by atoms with Crippen molar-refractivity contribution < 1.29 is 57.5 Å². The maximum atomic E-state index is 14.1. The highest BCUT2D eigenvalue weighted by Gasteiger charge is 2.51. The first kappa shape index (κ1) is 73.3. The number of benzene rings is 2. The monoisotopic (exact) mass is 1410 g/mol. The van der Waals surface area contributed by atoms with E-state index in [0.29, 0.717) is 49.3 Å². The SMILES string of the molecule is Cc1ncsc1-c1ccc([C@H](C)NC(=O)[C@@H]2C[C@@H](O)CN2C(=O)C(c2cc(N3CC4(CCN(C(=O)OC(C)(C)C)CC4)C3)no2)C(C)C)cc1.Cc1ncsc1-c1ccc([C@H](C)NC(=O)[C@@H]2C[C@@H](O)CN2C(=O)C(c2cc(N3CC4(CCN(C(=O)OC(C)(C)C)CC4)C3)no2)C(C)C)cc1. The predicted octanol–water partition coefficient (Wildman–Crippen LogP) is 11.0. The number of ether oxygens (including phenoxy) is 2. The molecule has 4 aromatic heterocycles. The Morgan fingerprint density at radius 3 is 1.19 bits per heavy atom. The van der Waals surface area contributed by atoms with Crippen molar-refractivity contribution in [2.45, 2.75) is 195 Å². The molecule has 2 aromatic carbocycles. The zero-order valence-corrected chi connectivity index (χ0v) is 61.9. The largest absolute Gasteiger partial charge is 0.444 e. The van der Waals surface area contributed by atoms with Crippen molar-refractivity contribution in [1.82, 2.24) is 50.5 Å². The second-order valence-electron chi connectivity index (χ2n) is 31.3. The molecule has 0 saturated carbocycles. The number of aliphatic hydroxyl groups is 2. The summed E-state index contributed by atoms with van der Waals surface area (Å²) < 4.78 is 22.7. The number of hydrogen-bond acceptors (Lipinski definition) is 20. The maximum absolute atomic E-state index is 14.1. The summed E-state index contributed by atoms with van der Waals surface area (Å²) in [4.78, 5) is 102. The van der Waals surface area contributed by atoms with E-state index in [9.17, 15) is 39.0 Å². The Morgan fingerprint density at radius 2 is 0.890 bits per heavy atom. The number of carbonyl (C=O) groups excluding carboxylic acids is 6. The van der Waals surface area contributed by atoms with Gasteiger partial charge in [0, 0.05) is 101 Å². The molecule has 0 radical (unpaired) electrons. The molecule has 6 amide bonds. The van der Waals surface area contributed by atoms with Crippen LogP contribution in [0.1, 0.15) is 180 Å². The molecule has 540 valence electrons. The molecule has 12 rings (SSSR count). The predicted molar refractivity (Wildman–Crippen MR) is 381 cm³/mol. The fourth-order valence-electron chi connectivity index (χ4n) is 14.8. The third-order valence-corrected chi connectivity index (χ3v) is 22.5. The minimum absolute atomic E-state index is 0.0768. The average Bonchev–Trinajstić information content (AvgIpc) is 1.21. The van der Waals surface area contributed by atoms with Gasteiger partial charge in [-0.3, -0.25) is 19.2 Å². The van der Waals surface area contributed by atoms with Crippen LogP contribution in [0.4, 0.5) is 21.2 Å². The van der Waals surface area contributed by atoms with Gasteiger partial charge in [0.15, 0.2) is 23.2 Å². The van der Waals surface area contributed by atoms with Crippen molar-refractivity contribution in [3.05, 3.63) is 106 Å². The number of nitrogens with zero attached hydrogens (tertiary/aromatic N) is 10. The zero-order chi connectivity index (χ0) is 71.9. The van der Waals surface area contributed by atoms with E-state index in [4.69, 9.17) is 18.5 Å². The summed E-state index contributed by atoms with van der Waals surface area (Å²) >= 11 is 3.19. The number of piperidine rings is 2. The summed E-state index contributed by atoms with van der Waals surface area (Å²) in [5.74, 6) is -0.446. The minimum atomic E-state index is -0.802. The van der Waals surface area contributed by atoms with E-state index in [1.54, 1.807) is 32.5 Å². The van der Waals surface area contributed by atoms with Crippen molar-refractivity contribution in [2.24, 2.45) is 22.7 Å². The fraction of sp³-hybridized carbons (Fsp3) is 0.595. The number of amides is 6. The lowest BCUT2D eigenvalue weighted by molar-refractivity contribution is -0.141. The quantitative estimate of drug-likeness (QED) is 0.0700. The highest BCUT2D eigenvalue weighted by molar-refractivity contribution is 7.13. The first-order valence-corrected chi connectivity index (χ1v) is 37.0. The lowest BCUT2D eigenvalue weighted by atomic mass is 9.72. The molecule has 2 spiro atoms. The number of nitrogens with one attached hydrogen (secondary N) is 2. The Kier molecular flexibility index (Phi) is 21.7. The van der Waals surface area contributed by atoms with E-state index in [-0.39, 0.29) is 96.5 Å². The van der Waals surface area contributed by atoms with Crippen LogP contribution in [0.25, 0.3) is 20.9 Å². The molecule has 2 unspecified atom stereocenters. The van der Waals surface area contributed by atoms with E-state index < -0.39 is 47.3 Å². The van der Waals surface area contributed by atoms with E-state index in [1.807, 2.05) is 169 Å². The van der Waals surface area contributed by atoms with Crippen LogP contribution in [-0.4, -0.2) is 187 Å². The van der Waals surface area contributed by atoms with Gasteiger partial charge in [0.2, 0.25) is 23.6 Å². The minimum Gasteiger partial charge on any atom is -0.444 e. The van der Waals surface area contributed by atoms with Gasteiger partial charge in [-0.2, -0.15) is 0 Å². The van der Waals surface area contributed by atoms with E-state index in [0.717, 1.165) is 95.3 Å². The molecule has 6 aromatic rings. The third-order valence-electron chi connectivity index (χ3n) is 20.5. The van der Waals surface area contributed by atoms with Crippen molar-refractivity contribution in [1.29, 1.82) is 0 Å². The molecule has 6 aliphatic heterocycles. The molecule has 0 aliphatic carbocycles. The first-order chi connectivity index (χ1) is 47.3. The molecule has 26 heteroatoms. The van der Waals surface area contributed by atoms with Crippen molar-refractivity contribution in [3.8, 4) is 20.9 Å². The maximum Gasteiger partial charge on any atom is 0.410 e. The Bertz CT molecular complexity index is 3610. The molecule has 24 nitrogen and oxygen atoms in total. The molecule has 6 aliphatic rings. The summed E-state index contributed by atoms with van der Waals surface area (Å²) in [6, 6.07) is 17.6. The Morgan fingerprint density at radius 1 is 0.550 bits per heavy atom. The Balaban J connectivity index is 0.000000202. The van der Waals surface area contributed by atoms with Crippen LogP contribution in [0.2, 0.25) is 0 Å². The highest BCUT2D eigenvalue weighted by Crippen LogP contribution is 2.46. The second kappa shape index (κ2) is 29.6. The van der Waals surface area contributed by atoms with E-state index in [2.05, 4.69) is 40.7 Å². The normalized spacial score (nSPS) is 21.7. The number of carbonyl (C=O) groups is 6. The number of aryl methyl sites for hydroxylation is 2. The number of aromatic nitrogens is 4. The van der Waals surface area contributed by atoms with Gasteiger partial charge in [0.05, 0.1) is 56.5 Å². The lowest BCUT2D eigenvalue weighted by Crippen LogP contribution is -2.61. The Labute approximate surface area is 594 Å². The van der Waals surface area contributed by atoms with Crippen LogP contribution in [-0.2, 0) is 28.7 Å². The molecule has 6 saturated heterocycles. The number of likely N-dealkylation sites (tertiary alicyclic amines) is 4. The van der Waals surface area contributed by atoms with Gasteiger partial charge in [0.25, 0.3) is 0 Å². The molecule has 8 atom stereocenters. The molecule has 10 heterocycles. The average molecular weight is 1410 g/mol. The topological polar surface area (TPSA) is 283 Å². The van der Waals surface area contributed by atoms with Crippen LogP contribution < -0.4 is 20.4 Å². The first-order valence-electron chi connectivity index (χ1n) is 35.2. The van der Waals surface area contributed by atoms with Gasteiger partial charge >= 0.3 is 12.2 Å². The van der Waals surface area contributed by atoms with Gasteiger partial charge in [0.1, 0.15) is 35.1 Å². The van der Waals surface area contributed by atoms with Crippen molar-refractivity contribution >= 4 is 70.1 Å². The highest BCUT2D eigenvalue weighted by atomic mass is 32.1. The Hall–Kier alpha value is -7.94. The zero-order valence-electron chi connectivity index (χ0n) is 60.3. The van der Waals surface area contributed by atoms with Gasteiger partial charge in [-0.1, -0.05) is 86.5 Å². The molecular formula is C74H100N12O12S2. The van der Waals surface area contributed by atoms with Gasteiger partial charge < -0.3 is 68.8 Å². The number of aliphatic hydroxyl groups excluding tert-OH is 2. The molecule has 100 heavy (non-hydrogen) atoms. The number of rotatable bonds is 16. The number of anilines is 2. The smallest absolute Gasteiger partial charge is 0.410 e. The number of hydrogen-bond donors (Lipinski definition) is 4. The van der Waals surface area contributed by atoms with Crippen LogP contribution >= 0.6 is 22.7 Å². The third kappa shape index (κ3) is 16.5. The summed E-state index contributed by atoms with van der Waals surface area (Å²) in [6.45, 7) is 32.8. The molecule has 0 bridgehead atoms. The van der Waals surface area contributed by atoms with Crippen LogP contribution in [0.3, 0.4) is 0 Å². The van der Waals surface area contributed by atoms with E-state index >= 15 is 0 Å². The van der Waals surface area contributed by atoms with Crippen LogP contribution in [0, 0.1) is 36.5 Å². The molecular weight excluding hydrogens is 1310 g/mol. The van der Waals surface area contributed by atoms with Gasteiger partial charge in [-0.25, -0.2) is 19.6 Å². The lowest BCUT2D eigenvalue weighted by Gasteiger charge is -2.53. The number of β-amino-alcohol motifs (C(OH)–C–C–N with tert-alkyl or cyclic N) is 2. The van der Waals surface area contributed by atoms with Crippen LogP contribution in [0.5, 0.6) is 0 Å². The molecule has 4 N–H and O–H groups in total. The summed E-state index contributed by atoms with van der Waals surface area (Å²) in [5, 5.41) is 36.1. The fourth-order valence-corrected chi connectivity index (χ4v) is 16.5. The summed E-state index contributed by atoms with van der Waals surface area (Å²) in [7, 11) is 0. The van der Waals surface area contributed by atoms with Gasteiger partial charge in [-0.15, -0.1) is 22.7 Å². The van der Waals surface area contributed by atoms with Crippen molar-refractivity contribution in [3.63, 3.8) is 0 Å². The summed E-state index contributed by atoms with van der Waals surface area (Å²) in [6.07, 6.45) is 1.76. The van der Waals surface area contributed by atoms with E-state index in [1.165, 1.54) is 9.80 Å². The van der Waals surface area contributed by atoms with Crippen molar-refractivity contribution in [2.75, 3.05) is 75.2 Å².